The van der Waals surface area contributed by atoms with E-state index in [2.05, 4.69) is 15.9 Å². The second-order valence-corrected chi connectivity index (χ2v) is 5.20. The SMILES string of the molecule is N[C@@H](c1c(F)cccc1Br)[C@H](O)C1CCC1. The molecule has 1 aliphatic rings. The Morgan fingerprint density at radius 1 is 1.44 bits per heavy atom. The van der Waals surface area contributed by atoms with Crippen molar-refractivity contribution in [3.05, 3.63) is 34.1 Å². The van der Waals surface area contributed by atoms with Crippen LogP contribution in [0, 0.1) is 11.7 Å². The van der Waals surface area contributed by atoms with Gasteiger partial charge in [0.25, 0.3) is 0 Å². The standard InChI is InChI=1S/C12H15BrFNO/c13-8-5-2-6-9(14)10(8)11(15)12(16)7-3-1-4-7/h2,5-7,11-12,16H,1,3-4,15H2/t11-,12+/m0/s1. The summed E-state index contributed by atoms with van der Waals surface area (Å²) in [5.74, 6) is -0.137. The number of rotatable bonds is 3. The molecule has 2 nitrogen and oxygen atoms in total. The molecule has 1 saturated carbocycles. The Morgan fingerprint density at radius 2 is 2.12 bits per heavy atom. The molecule has 0 saturated heterocycles. The third-order valence-corrected chi connectivity index (χ3v) is 4.03. The normalized spacial score (nSPS) is 20.2. The van der Waals surface area contributed by atoms with Crippen LogP contribution in [0.4, 0.5) is 4.39 Å². The average Bonchev–Trinajstić information content (AvgIpc) is 2.14. The lowest BCUT2D eigenvalue weighted by Gasteiger charge is -2.34. The maximum atomic E-state index is 13.6. The van der Waals surface area contributed by atoms with Crippen molar-refractivity contribution >= 4 is 15.9 Å². The maximum Gasteiger partial charge on any atom is 0.129 e. The van der Waals surface area contributed by atoms with Crippen LogP contribution in [0.25, 0.3) is 0 Å². The number of halogens is 2. The number of aliphatic hydroxyl groups is 1. The fraction of sp³-hybridized carbons (Fsp3) is 0.500. The van der Waals surface area contributed by atoms with Gasteiger partial charge in [0.2, 0.25) is 0 Å². The minimum atomic E-state index is -0.652. The van der Waals surface area contributed by atoms with Gasteiger partial charge in [-0.25, -0.2) is 4.39 Å². The van der Waals surface area contributed by atoms with E-state index in [4.69, 9.17) is 5.73 Å². The van der Waals surface area contributed by atoms with Crippen molar-refractivity contribution in [2.75, 3.05) is 0 Å². The van der Waals surface area contributed by atoms with E-state index in [9.17, 15) is 9.50 Å². The van der Waals surface area contributed by atoms with Crippen LogP contribution in [0.5, 0.6) is 0 Å². The fourth-order valence-electron chi connectivity index (χ4n) is 2.07. The summed E-state index contributed by atoms with van der Waals surface area (Å²) in [6.45, 7) is 0. The van der Waals surface area contributed by atoms with E-state index in [1.807, 2.05) is 0 Å². The summed E-state index contributed by atoms with van der Waals surface area (Å²) in [5.41, 5.74) is 6.31. The Labute approximate surface area is 103 Å². The summed E-state index contributed by atoms with van der Waals surface area (Å²) in [6.07, 6.45) is 2.45. The van der Waals surface area contributed by atoms with Crippen molar-refractivity contribution in [3.63, 3.8) is 0 Å². The number of hydrogen-bond acceptors (Lipinski definition) is 2. The number of benzene rings is 1. The molecule has 16 heavy (non-hydrogen) atoms. The molecule has 1 aromatic carbocycles. The predicted octanol–water partition coefficient (Wildman–Crippen LogP) is 2.75. The zero-order valence-corrected chi connectivity index (χ0v) is 10.5. The van der Waals surface area contributed by atoms with E-state index in [1.165, 1.54) is 6.07 Å². The Morgan fingerprint density at radius 3 is 2.62 bits per heavy atom. The first kappa shape index (κ1) is 12.0. The van der Waals surface area contributed by atoms with Crippen molar-refractivity contribution < 1.29 is 9.50 Å². The van der Waals surface area contributed by atoms with Crippen LogP contribution in [0.15, 0.2) is 22.7 Å². The molecule has 0 heterocycles. The molecule has 0 unspecified atom stereocenters. The van der Waals surface area contributed by atoms with E-state index in [1.54, 1.807) is 12.1 Å². The molecule has 88 valence electrons. The maximum absolute atomic E-state index is 13.6. The Balaban J connectivity index is 2.22. The second kappa shape index (κ2) is 4.82. The molecule has 0 amide bonds. The van der Waals surface area contributed by atoms with E-state index >= 15 is 0 Å². The third kappa shape index (κ3) is 2.14. The van der Waals surface area contributed by atoms with E-state index in [0.29, 0.717) is 10.0 Å². The highest BCUT2D eigenvalue weighted by atomic mass is 79.9. The second-order valence-electron chi connectivity index (χ2n) is 4.34. The lowest BCUT2D eigenvalue weighted by Crippen LogP contribution is -2.37. The number of hydrogen-bond donors (Lipinski definition) is 2. The summed E-state index contributed by atoms with van der Waals surface area (Å²) in [5, 5.41) is 10.0. The van der Waals surface area contributed by atoms with Crippen LogP contribution < -0.4 is 5.73 Å². The van der Waals surface area contributed by atoms with Gasteiger partial charge in [-0.05, 0) is 30.9 Å². The van der Waals surface area contributed by atoms with Crippen LogP contribution in [0.3, 0.4) is 0 Å². The zero-order chi connectivity index (χ0) is 11.7. The average molecular weight is 288 g/mol. The quantitative estimate of drug-likeness (QED) is 0.898. The Kier molecular flexibility index (Phi) is 3.62. The monoisotopic (exact) mass is 287 g/mol. The first-order valence-electron chi connectivity index (χ1n) is 5.49. The van der Waals surface area contributed by atoms with Gasteiger partial charge in [-0.1, -0.05) is 28.4 Å². The van der Waals surface area contributed by atoms with Gasteiger partial charge in [0.1, 0.15) is 5.82 Å². The topological polar surface area (TPSA) is 46.2 Å². The predicted molar refractivity (Wildman–Crippen MR) is 64.4 cm³/mol. The lowest BCUT2D eigenvalue weighted by molar-refractivity contribution is 0.0403. The summed E-state index contributed by atoms with van der Waals surface area (Å²) in [4.78, 5) is 0. The van der Waals surface area contributed by atoms with Gasteiger partial charge >= 0.3 is 0 Å². The Hall–Kier alpha value is -0.450. The van der Waals surface area contributed by atoms with Crippen molar-refractivity contribution in [1.82, 2.24) is 0 Å². The highest BCUT2D eigenvalue weighted by Crippen LogP contribution is 2.36. The molecule has 0 radical (unpaired) electrons. The molecule has 0 bridgehead atoms. The molecular weight excluding hydrogens is 273 g/mol. The summed E-state index contributed by atoms with van der Waals surface area (Å²) < 4.78 is 14.2. The van der Waals surface area contributed by atoms with Crippen molar-refractivity contribution in [3.8, 4) is 0 Å². The first-order chi connectivity index (χ1) is 7.61. The molecule has 0 spiro atoms. The number of nitrogens with two attached hydrogens (primary N) is 1. The molecule has 1 fully saturated rings. The zero-order valence-electron chi connectivity index (χ0n) is 8.87. The molecule has 0 aliphatic heterocycles. The minimum Gasteiger partial charge on any atom is -0.391 e. The van der Waals surface area contributed by atoms with Gasteiger partial charge in [-0.15, -0.1) is 0 Å². The number of aliphatic hydroxyl groups excluding tert-OH is 1. The van der Waals surface area contributed by atoms with Crippen LogP contribution >= 0.6 is 15.9 Å². The molecular formula is C12H15BrFNO. The summed E-state index contributed by atoms with van der Waals surface area (Å²) >= 11 is 3.27. The molecule has 4 heteroatoms. The fourth-order valence-corrected chi connectivity index (χ4v) is 2.68. The smallest absolute Gasteiger partial charge is 0.129 e. The van der Waals surface area contributed by atoms with Crippen molar-refractivity contribution in [1.29, 1.82) is 0 Å². The minimum absolute atomic E-state index is 0.224. The van der Waals surface area contributed by atoms with Crippen molar-refractivity contribution in [2.24, 2.45) is 11.7 Å². The van der Waals surface area contributed by atoms with Crippen LogP contribution in [-0.2, 0) is 0 Å². The molecule has 2 rings (SSSR count). The molecule has 3 N–H and O–H groups in total. The van der Waals surface area contributed by atoms with E-state index in [0.717, 1.165) is 19.3 Å². The van der Waals surface area contributed by atoms with Gasteiger partial charge in [-0.2, -0.15) is 0 Å². The van der Waals surface area contributed by atoms with Gasteiger partial charge in [0.05, 0.1) is 12.1 Å². The van der Waals surface area contributed by atoms with E-state index in [-0.39, 0.29) is 11.7 Å². The Bertz CT molecular complexity index is 361. The summed E-state index contributed by atoms with van der Waals surface area (Å²) in [6, 6.07) is 4.07. The largest absolute Gasteiger partial charge is 0.391 e. The van der Waals surface area contributed by atoms with Crippen molar-refractivity contribution in [2.45, 2.75) is 31.4 Å². The molecule has 2 atom stereocenters. The highest BCUT2D eigenvalue weighted by molar-refractivity contribution is 9.10. The van der Waals surface area contributed by atoms with Gasteiger partial charge in [-0.3, -0.25) is 0 Å². The third-order valence-electron chi connectivity index (χ3n) is 3.33. The lowest BCUT2D eigenvalue weighted by atomic mass is 9.77. The van der Waals surface area contributed by atoms with Gasteiger partial charge < -0.3 is 10.8 Å². The van der Waals surface area contributed by atoms with Crippen LogP contribution in [0.1, 0.15) is 30.9 Å². The van der Waals surface area contributed by atoms with Gasteiger partial charge in [0.15, 0.2) is 0 Å². The summed E-state index contributed by atoms with van der Waals surface area (Å²) in [7, 11) is 0. The first-order valence-corrected chi connectivity index (χ1v) is 6.28. The molecule has 1 aliphatic carbocycles. The molecule has 1 aromatic rings. The van der Waals surface area contributed by atoms with E-state index < -0.39 is 12.1 Å². The molecule has 0 aromatic heterocycles. The highest BCUT2D eigenvalue weighted by Gasteiger charge is 2.32. The van der Waals surface area contributed by atoms with Crippen LogP contribution in [-0.4, -0.2) is 11.2 Å². The van der Waals surface area contributed by atoms with Crippen LogP contribution in [0.2, 0.25) is 0 Å². The van der Waals surface area contributed by atoms with Gasteiger partial charge in [0, 0.05) is 10.0 Å².